The van der Waals surface area contributed by atoms with Crippen molar-refractivity contribution in [2.75, 3.05) is 31.6 Å². The number of amides is 2. The topological polar surface area (TPSA) is 70.1 Å². The van der Waals surface area contributed by atoms with Gasteiger partial charge >= 0.3 is 6.18 Å². The fraction of sp³-hybridized carbons (Fsp3) is 0.333. The number of aliphatic hydroxyl groups excluding tert-OH is 1. The second-order valence-electron chi connectivity index (χ2n) is 7.77. The molecule has 0 aliphatic carbocycles. The number of nitrogens with zero attached hydrogens (tertiary/aromatic N) is 2. The number of hydrogen-bond acceptors (Lipinski definition) is 4. The zero-order valence-corrected chi connectivity index (χ0v) is 18.1. The van der Waals surface area contributed by atoms with Gasteiger partial charge in [0.05, 0.1) is 5.56 Å². The Morgan fingerprint density at radius 3 is 2.58 bits per heavy atom. The van der Waals surface area contributed by atoms with Crippen LogP contribution in [0.2, 0.25) is 0 Å². The minimum Gasteiger partial charge on any atom is -0.491 e. The minimum atomic E-state index is -4.44. The van der Waals surface area contributed by atoms with Gasteiger partial charge in [0.2, 0.25) is 5.91 Å². The van der Waals surface area contributed by atoms with E-state index in [2.05, 4.69) is 6.58 Å². The Hall–Kier alpha value is -3.33. The third kappa shape index (κ3) is 5.73. The lowest BCUT2D eigenvalue weighted by Crippen LogP contribution is -2.39. The molecule has 9 heteroatoms. The van der Waals surface area contributed by atoms with Crippen molar-refractivity contribution in [2.45, 2.75) is 25.1 Å². The summed E-state index contributed by atoms with van der Waals surface area (Å²) in [5.74, 6) is -0.363. The number of likely N-dealkylation sites (N-methyl/N-ethyl adjacent to an activating group) is 1. The molecule has 0 saturated carbocycles. The largest absolute Gasteiger partial charge is 0.491 e. The van der Waals surface area contributed by atoms with Crippen LogP contribution in [0, 0.1) is 0 Å². The first-order valence-corrected chi connectivity index (χ1v) is 10.4. The minimum absolute atomic E-state index is 0.0432. The summed E-state index contributed by atoms with van der Waals surface area (Å²) in [6.45, 7) is 3.83. The molecule has 176 valence electrons. The highest BCUT2D eigenvalue weighted by atomic mass is 19.4. The average molecular weight is 462 g/mol. The zero-order chi connectivity index (χ0) is 24.2. The fourth-order valence-electron chi connectivity index (χ4n) is 3.75. The summed E-state index contributed by atoms with van der Waals surface area (Å²) in [6, 6.07) is 9.34. The van der Waals surface area contributed by atoms with Crippen LogP contribution in [0.15, 0.2) is 55.1 Å². The van der Waals surface area contributed by atoms with Gasteiger partial charge in [0.1, 0.15) is 18.5 Å². The molecule has 1 unspecified atom stereocenters. The maximum absolute atomic E-state index is 13.0. The van der Waals surface area contributed by atoms with Crippen LogP contribution in [0.3, 0.4) is 0 Å². The predicted molar refractivity (Wildman–Crippen MR) is 117 cm³/mol. The smallest absolute Gasteiger partial charge is 0.416 e. The van der Waals surface area contributed by atoms with Gasteiger partial charge in [-0.3, -0.25) is 9.59 Å². The highest BCUT2D eigenvalue weighted by Gasteiger charge is 2.30. The van der Waals surface area contributed by atoms with E-state index in [0.29, 0.717) is 30.6 Å². The lowest BCUT2D eigenvalue weighted by atomic mass is 9.95. The third-order valence-electron chi connectivity index (χ3n) is 5.38. The maximum atomic E-state index is 13.0. The first-order chi connectivity index (χ1) is 15.6. The van der Waals surface area contributed by atoms with Gasteiger partial charge in [-0.05, 0) is 60.9 Å². The maximum Gasteiger partial charge on any atom is 0.416 e. The summed E-state index contributed by atoms with van der Waals surface area (Å²) < 4.78 is 43.3. The number of ether oxygens (including phenoxy) is 1. The van der Waals surface area contributed by atoms with Crippen molar-refractivity contribution in [3.8, 4) is 5.75 Å². The van der Waals surface area contributed by atoms with Gasteiger partial charge in [-0.1, -0.05) is 12.6 Å². The molecule has 2 aromatic rings. The van der Waals surface area contributed by atoms with Crippen molar-refractivity contribution in [3.63, 3.8) is 0 Å². The molecular weight excluding hydrogens is 437 g/mol. The van der Waals surface area contributed by atoms with Gasteiger partial charge < -0.3 is 19.6 Å². The molecule has 1 N–H and O–H groups in total. The molecular formula is C24H25F3N2O4. The molecule has 33 heavy (non-hydrogen) atoms. The Morgan fingerprint density at radius 1 is 1.24 bits per heavy atom. The van der Waals surface area contributed by atoms with Crippen LogP contribution >= 0.6 is 0 Å². The van der Waals surface area contributed by atoms with Gasteiger partial charge in [0, 0.05) is 31.4 Å². The monoisotopic (exact) mass is 462 g/mol. The van der Waals surface area contributed by atoms with Crippen LogP contribution in [-0.4, -0.2) is 54.7 Å². The molecule has 6 nitrogen and oxygen atoms in total. The standard InChI is InChI=1S/C24H25F3N2O4/c1-3-22(31)29-13-5-7-19-20(6-4-8-21(19)29)23(32)28(2)14-17(30)15-33-18-11-9-16(10-12-18)24(25,26)27/h3-4,6,8-12,17,30H,1,5,7,13-15H2,2H3. The Balaban J connectivity index is 1.63. The van der Waals surface area contributed by atoms with E-state index >= 15 is 0 Å². The fourth-order valence-corrected chi connectivity index (χ4v) is 3.75. The predicted octanol–water partition coefficient (Wildman–Crippen LogP) is 3.68. The van der Waals surface area contributed by atoms with Gasteiger partial charge in [-0.15, -0.1) is 0 Å². The quantitative estimate of drug-likeness (QED) is 0.638. The van der Waals surface area contributed by atoms with Gasteiger partial charge in [-0.25, -0.2) is 0 Å². The van der Waals surface area contributed by atoms with E-state index in [1.165, 1.54) is 23.1 Å². The molecule has 0 fully saturated rings. The molecule has 3 rings (SSSR count). The SMILES string of the molecule is C=CC(=O)N1CCCc2c(C(=O)N(C)CC(O)COc3ccc(C(F)(F)F)cc3)cccc21. The zero-order valence-electron chi connectivity index (χ0n) is 18.1. The highest BCUT2D eigenvalue weighted by Crippen LogP contribution is 2.31. The second kappa shape index (κ2) is 10.1. The molecule has 1 atom stereocenters. The summed E-state index contributed by atoms with van der Waals surface area (Å²) in [4.78, 5) is 28.1. The van der Waals surface area contributed by atoms with Crippen molar-refractivity contribution in [1.82, 2.24) is 4.90 Å². The second-order valence-corrected chi connectivity index (χ2v) is 7.77. The number of anilines is 1. The summed E-state index contributed by atoms with van der Waals surface area (Å²) in [5.41, 5.74) is 1.11. The first kappa shape index (κ1) is 24.3. The molecule has 2 amide bonds. The van der Waals surface area contributed by atoms with Crippen molar-refractivity contribution < 1.29 is 32.6 Å². The lowest BCUT2D eigenvalue weighted by Gasteiger charge is -2.31. The molecule has 0 spiro atoms. The van der Waals surface area contributed by atoms with E-state index in [1.807, 2.05) is 0 Å². The molecule has 2 aromatic carbocycles. The molecule has 0 aromatic heterocycles. The van der Waals surface area contributed by atoms with Gasteiger partial charge in [0.15, 0.2) is 0 Å². The molecule has 1 aliphatic rings. The number of aliphatic hydroxyl groups is 1. The number of carbonyl (C=O) groups is 2. The average Bonchev–Trinajstić information content (AvgIpc) is 2.80. The van der Waals surface area contributed by atoms with Gasteiger partial charge in [0.25, 0.3) is 5.91 Å². The number of fused-ring (bicyclic) bond motifs is 1. The Morgan fingerprint density at radius 2 is 1.94 bits per heavy atom. The van der Waals surface area contributed by atoms with E-state index in [1.54, 1.807) is 30.1 Å². The Labute approximate surface area is 189 Å². The van der Waals surface area contributed by atoms with E-state index in [0.717, 1.165) is 17.7 Å². The van der Waals surface area contributed by atoms with Crippen molar-refractivity contribution in [1.29, 1.82) is 0 Å². The highest BCUT2D eigenvalue weighted by molar-refractivity contribution is 6.04. The van der Waals surface area contributed by atoms with E-state index in [9.17, 15) is 27.9 Å². The summed E-state index contributed by atoms with van der Waals surface area (Å²) in [7, 11) is 1.54. The number of rotatable bonds is 7. The van der Waals surface area contributed by atoms with E-state index in [4.69, 9.17) is 4.74 Å². The Bertz CT molecular complexity index is 1020. The third-order valence-corrected chi connectivity index (χ3v) is 5.38. The number of halogens is 3. The van der Waals surface area contributed by atoms with Gasteiger partial charge in [-0.2, -0.15) is 13.2 Å². The number of alkyl halides is 3. The van der Waals surface area contributed by atoms with Crippen molar-refractivity contribution in [3.05, 3.63) is 71.8 Å². The molecule has 1 aliphatic heterocycles. The molecule has 0 radical (unpaired) electrons. The van der Waals surface area contributed by atoms with Crippen LogP contribution in [-0.2, 0) is 17.4 Å². The van der Waals surface area contributed by atoms with Crippen LogP contribution in [0.4, 0.5) is 18.9 Å². The summed E-state index contributed by atoms with van der Waals surface area (Å²) >= 11 is 0. The van der Waals surface area contributed by atoms with E-state index < -0.39 is 17.8 Å². The number of carbonyl (C=O) groups excluding carboxylic acids is 2. The molecule has 0 saturated heterocycles. The first-order valence-electron chi connectivity index (χ1n) is 10.4. The molecule has 0 bridgehead atoms. The summed E-state index contributed by atoms with van der Waals surface area (Å²) in [6.07, 6.45) is -2.90. The number of benzene rings is 2. The van der Waals surface area contributed by atoms with Crippen LogP contribution in [0.5, 0.6) is 5.75 Å². The van der Waals surface area contributed by atoms with E-state index in [-0.39, 0.29) is 30.7 Å². The van der Waals surface area contributed by atoms with Crippen molar-refractivity contribution in [2.24, 2.45) is 0 Å². The molecule has 1 heterocycles. The van der Waals surface area contributed by atoms with Crippen LogP contribution in [0.25, 0.3) is 0 Å². The number of hydrogen-bond donors (Lipinski definition) is 1. The Kier molecular flexibility index (Phi) is 7.43. The lowest BCUT2D eigenvalue weighted by molar-refractivity contribution is -0.137. The van der Waals surface area contributed by atoms with Crippen LogP contribution < -0.4 is 9.64 Å². The van der Waals surface area contributed by atoms with Crippen molar-refractivity contribution >= 4 is 17.5 Å². The normalized spacial score (nSPS) is 14.3. The summed E-state index contributed by atoms with van der Waals surface area (Å²) in [5, 5.41) is 10.3. The van der Waals surface area contributed by atoms with Crippen LogP contribution in [0.1, 0.15) is 27.9 Å².